The molecule has 3 nitrogen and oxygen atoms in total. The van der Waals surface area contributed by atoms with Gasteiger partial charge in [0.05, 0.1) is 13.2 Å². The van der Waals surface area contributed by atoms with Gasteiger partial charge in [0.15, 0.2) is 5.78 Å². The number of hydrogen-bond acceptors (Lipinski definition) is 4. The zero-order chi connectivity index (χ0) is 9.84. The van der Waals surface area contributed by atoms with Crippen molar-refractivity contribution >= 4 is 17.1 Å². The number of Topliss-reactive ketones (excluding diaryl/α,β-unsaturated/α-hetero) is 1. The van der Waals surface area contributed by atoms with E-state index in [-0.39, 0.29) is 5.78 Å². The summed E-state index contributed by atoms with van der Waals surface area (Å²) in [5, 5.41) is 10.3. The van der Waals surface area contributed by atoms with Gasteiger partial charge in [-0.3, -0.25) is 4.79 Å². The quantitative estimate of drug-likeness (QED) is 0.694. The molecule has 0 saturated carbocycles. The highest BCUT2D eigenvalue weighted by Gasteiger charge is 2.19. The molecule has 0 aliphatic carbocycles. The maximum atomic E-state index is 11.5. The van der Waals surface area contributed by atoms with Gasteiger partial charge in [-0.2, -0.15) is 5.26 Å². The van der Waals surface area contributed by atoms with Gasteiger partial charge in [-0.1, -0.05) is 0 Å². The van der Waals surface area contributed by atoms with Crippen LogP contribution in [-0.4, -0.2) is 12.9 Å². The molecule has 0 spiro atoms. The van der Waals surface area contributed by atoms with Gasteiger partial charge in [-0.05, 0) is 18.4 Å². The van der Waals surface area contributed by atoms with Crippen molar-refractivity contribution in [3.8, 4) is 11.8 Å². The Labute approximate surface area is 80.6 Å². The molecule has 1 aromatic heterocycles. The Bertz CT molecular complexity index is 351. The molecule has 4 heteroatoms. The highest BCUT2D eigenvalue weighted by molar-refractivity contribution is 7.12. The molecule has 0 radical (unpaired) electrons. The standard InChI is InChI=1S/C9H9NO2S/c1-6(5-10)8(11)9-7(12-2)3-4-13-9/h3-4,6H,1-2H3. The number of ketones is 1. The third-order valence-corrected chi connectivity index (χ3v) is 2.57. The minimum absolute atomic E-state index is 0.172. The van der Waals surface area contributed by atoms with Crippen molar-refractivity contribution in [3.05, 3.63) is 16.3 Å². The second kappa shape index (κ2) is 4.06. The summed E-state index contributed by atoms with van der Waals surface area (Å²) in [5.74, 6) is -0.223. The molecule has 1 unspecified atom stereocenters. The second-order valence-electron chi connectivity index (χ2n) is 2.53. The normalized spacial score (nSPS) is 11.8. The van der Waals surface area contributed by atoms with Crippen LogP contribution in [-0.2, 0) is 0 Å². The van der Waals surface area contributed by atoms with Crippen LogP contribution in [0.25, 0.3) is 0 Å². The predicted octanol–water partition coefficient (Wildman–Crippen LogP) is 2.10. The Morgan fingerprint density at radius 2 is 2.46 bits per heavy atom. The van der Waals surface area contributed by atoms with Gasteiger partial charge in [-0.15, -0.1) is 11.3 Å². The van der Waals surface area contributed by atoms with Crippen LogP contribution >= 0.6 is 11.3 Å². The van der Waals surface area contributed by atoms with Gasteiger partial charge < -0.3 is 4.74 Å². The van der Waals surface area contributed by atoms with Gasteiger partial charge in [0.2, 0.25) is 0 Å². The summed E-state index contributed by atoms with van der Waals surface area (Å²) in [6, 6.07) is 3.63. The van der Waals surface area contributed by atoms with Crippen molar-refractivity contribution in [2.24, 2.45) is 5.92 Å². The number of thiophene rings is 1. The third-order valence-electron chi connectivity index (χ3n) is 1.66. The first-order valence-corrected chi connectivity index (χ1v) is 4.64. The number of nitrogens with zero attached hydrogens (tertiary/aromatic N) is 1. The Hall–Kier alpha value is -1.34. The number of carbonyl (C=O) groups is 1. The Balaban J connectivity index is 2.96. The summed E-state index contributed by atoms with van der Waals surface area (Å²) in [5.41, 5.74) is 0. The van der Waals surface area contributed by atoms with Gasteiger partial charge in [0.1, 0.15) is 16.5 Å². The maximum Gasteiger partial charge on any atom is 0.193 e. The van der Waals surface area contributed by atoms with Crippen molar-refractivity contribution < 1.29 is 9.53 Å². The number of hydrogen-bond donors (Lipinski definition) is 0. The number of ether oxygens (including phenoxy) is 1. The highest BCUT2D eigenvalue weighted by Crippen LogP contribution is 2.26. The molecule has 1 rings (SSSR count). The number of nitriles is 1. The van der Waals surface area contributed by atoms with E-state index in [2.05, 4.69) is 0 Å². The fourth-order valence-corrected chi connectivity index (χ4v) is 1.78. The van der Waals surface area contributed by atoms with Crippen LogP contribution in [0, 0.1) is 17.2 Å². The van der Waals surface area contributed by atoms with E-state index in [0.717, 1.165) is 0 Å². The number of methoxy groups -OCH3 is 1. The summed E-state index contributed by atoms with van der Waals surface area (Å²) in [7, 11) is 1.51. The van der Waals surface area contributed by atoms with E-state index < -0.39 is 5.92 Å². The average Bonchev–Trinajstić information content (AvgIpc) is 2.62. The SMILES string of the molecule is COc1ccsc1C(=O)C(C)C#N. The molecule has 1 atom stereocenters. The van der Waals surface area contributed by atoms with Crippen LogP contribution in [0.1, 0.15) is 16.6 Å². The molecule has 1 heterocycles. The lowest BCUT2D eigenvalue weighted by Gasteiger charge is -2.01. The van der Waals surface area contributed by atoms with Gasteiger partial charge >= 0.3 is 0 Å². The van der Waals surface area contributed by atoms with Crippen molar-refractivity contribution in [2.45, 2.75) is 6.92 Å². The lowest BCUT2D eigenvalue weighted by Crippen LogP contribution is -2.08. The molecule has 0 N–H and O–H groups in total. The maximum absolute atomic E-state index is 11.5. The third kappa shape index (κ3) is 1.87. The van der Waals surface area contributed by atoms with Crippen LogP contribution in [0.15, 0.2) is 11.4 Å². The van der Waals surface area contributed by atoms with E-state index in [1.165, 1.54) is 18.4 Å². The zero-order valence-electron chi connectivity index (χ0n) is 7.40. The van der Waals surface area contributed by atoms with Crippen molar-refractivity contribution in [1.82, 2.24) is 0 Å². The topological polar surface area (TPSA) is 50.1 Å². The predicted molar refractivity (Wildman–Crippen MR) is 50.0 cm³/mol. The van der Waals surface area contributed by atoms with Crippen LogP contribution < -0.4 is 4.74 Å². The van der Waals surface area contributed by atoms with Crippen LogP contribution in [0.3, 0.4) is 0 Å². The molecule has 0 aliphatic heterocycles. The summed E-state index contributed by atoms with van der Waals surface area (Å²) in [6.45, 7) is 1.58. The summed E-state index contributed by atoms with van der Waals surface area (Å²) < 4.78 is 4.98. The molecule has 13 heavy (non-hydrogen) atoms. The molecule has 0 saturated heterocycles. The smallest absolute Gasteiger partial charge is 0.193 e. The number of rotatable bonds is 3. The lowest BCUT2D eigenvalue weighted by atomic mass is 10.1. The van der Waals surface area contributed by atoms with Crippen LogP contribution in [0.2, 0.25) is 0 Å². The minimum atomic E-state index is -0.604. The molecule has 0 fully saturated rings. The monoisotopic (exact) mass is 195 g/mol. The van der Waals surface area contributed by atoms with E-state index in [0.29, 0.717) is 10.6 Å². The lowest BCUT2D eigenvalue weighted by molar-refractivity contribution is 0.0958. The van der Waals surface area contributed by atoms with Crippen LogP contribution in [0.5, 0.6) is 5.75 Å². The van der Waals surface area contributed by atoms with Gasteiger partial charge in [0.25, 0.3) is 0 Å². The highest BCUT2D eigenvalue weighted by atomic mass is 32.1. The molecule has 68 valence electrons. The van der Waals surface area contributed by atoms with Crippen LogP contribution in [0.4, 0.5) is 0 Å². The summed E-state index contributed by atoms with van der Waals surface area (Å²) >= 11 is 1.30. The fourth-order valence-electron chi connectivity index (χ4n) is 0.893. The van der Waals surface area contributed by atoms with Crippen molar-refractivity contribution in [3.63, 3.8) is 0 Å². The van der Waals surface area contributed by atoms with Gasteiger partial charge in [0, 0.05) is 0 Å². The van der Waals surface area contributed by atoms with E-state index in [1.54, 1.807) is 18.4 Å². The molecular formula is C9H9NO2S. The van der Waals surface area contributed by atoms with E-state index in [4.69, 9.17) is 10.00 Å². The zero-order valence-corrected chi connectivity index (χ0v) is 8.22. The fraction of sp³-hybridized carbons (Fsp3) is 0.333. The Morgan fingerprint density at radius 3 is 3.00 bits per heavy atom. The first-order valence-electron chi connectivity index (χ1n) is 3.76. The summed E-state index contributed by atoms with van der Waals surface area (Å²) in [4.78, 5) is 12.0. The number of carbonyl (C=O) groups excluding carboxylic acids is 1. The summed E-state index contributed by atoms with van der Waals surface area (Å²) in [6.07, 6.45) is 0. The minimum Gasteiger partial charge on any atom is -0.495 e. The molecule has 0 aromatic carbocycles. The first kappa shape index (κ1) is 9.75. The molecule has 0 bridgehead atoms. The average molecular weight is 195 g/mol. The molecule has 0 aliphatic rings. The molecule has 0 amide bonds. The van der Waals surface area contributed by atoms with Gasteiger partial charge in [-0.25, -0.2) is 0 Å². The first-order chi connectivity index (χ1) is 6.20. The van der Waals surface area contributed by atoms with Crippen molar-refractivity contribution in [2.75, 3.05) is 7.11 Å². The van der Waals surface area contributed by atoms with E-state index in [9.17, 15) is 4.79 Å². The largest absolute Gasteiger partial charge is 0.495 e. The van der Waals surface area contributed by atoms with Crippen molar-refractivity contribution in [1.29, 1.82) is 5.26 Å². The molecule has 1 aromatic rings. The Morgan fingerprint density at radius 1 is 1.77 bits per heavy atom. The second-order valence-corrected chi connectivity index (χ2v) is 3.45. The van der Waals surface area contributed by atoms with E-state index >= 15 is 0 Å². The Kier molecular flexibility index (Phi) is 3.04. The van der Waals surface area contributed by atoms with E-state index in [1.807, 2.05) is 6.07 Å². The molecular weight excluding hydrogens is 186 g/mol.